The Kier molecular flexibility index (Phi) is 11.5. The zero-order valence-electron chi connectivity index (χ0n) is 32.1. The van der Waals surface area contributed by atoms with Crippen LogP contribution in [0.15, 0.2) is 48.7 Å². The fourth-order valence-corrected chi connectivity index (χ4v) is 8.74. The fourth-order valence-electron chi connectivity index (χ4n) is 7.78. The van der Waals surface area contributed by atoms with Crippen LogP contribution >= 0.6 is 34.8 Å². The number of anilines is 1. The molecule has 4 fully saturated rings. The van der Waals surface area contributed by atoms with E-state index in [1.54, 1.807) is 17.0 Å². The highest BCUT2D eigenvalue weighted by Crippen LogP contribution is 2.43. The van der Waals surface area contributed by atoms with E-state index in [1.807, 2.05) is 70.0 Å². The van der Waals surface area contributed by atoms with Crippen molar-refractivity contribution in [2.24, 2.45) is 5.92 Å². The Hall–Kier alpha value is -3.73. The normalized spacial score (nSPS) is 21.9. The van der Waals surface area contributed by atoms with E-state index < -0.39 is 23.7 Å². The molecule has 3 amide bonds. The Morgan fingerprint density at radius 2 is 1.64 bits per heavy atom. The van der Waals surface area contributed by atoms with Crippen molar-refractivity contribution in [3.8, 4) is 5.75 Å². The molecule has 55 heavy (non-hydrogen) atoms. The maximum Gasteiger partial charge on any atom is 0.410 e. The number of rotatable bonds is 10. The molecule has 4 atom stereocenters. The van der Waals surface area contributed by atoms with Gasteiger partial charge in [0.15, 0.2) is 5.75 Å². The van der Waals surface area contributed by atoms with Gasteiger partial charge in [-0.3, -0.25) is 9.59 Å². The van der Waals surface area contributed by atoms with E-state index in [4.69, 9.17) is 49.3 Å². The van der Waals surface area contributed by atoms with Gasteiger partial charge in [-0.15, -0.1) is 0 Å². The first-order chi connectivity index (χ1) is 26.1. The Morgan fingerprint density at radius 1 is 0.909 bits per heavy atom. The van der Waals surface area contributed by atoms with Crippen LogP contribution < -0.4 is 15.0 Å². The second kappa shape index (κ2) is 16.0. The van der Waals surface area contributed by atoms with Crippen LogP contribution in [0, 0.1) is 12.8 Å². The maximum atomic E-state index is 15.0. The van der Waals surface area contributed by atoms with Gasteiger partial charge in [0.05, 0.1) is 28.5 Å². The van der Waals surface area contributed by atoms with E-state index in [9.17, 15) is 9.59 Å². The number of benzene rings is 2. The smallest absolute Gasteiger partial charge is 0.410 e. The molecule has 13 heteroatoms. The molecule has 0 radical (unpaired) electrons. The van der Waals surface area contributed by atoms with Gasteiger partial charge in [0.2, 0.25) is 5.91 Å². The molecule has 2 aromatic carbocycles. The number of carbonyl (C=O) groups excluding carboxylic acids is 3. The summed E-state index contributed by atoms with van der Waals surface area (Å²) in [7, 11) is 0. The lowest BCUT2D eigenvalue weighted by Gasteiger charge is -2.42. The van der Waals surface area contributed by atoms with Crippen molar-refractivity contribution in [1.29, 1.82) is 0 Å². The molecule has 2 saturated carbocycles. The summed E-state index contributed by atoms with van der Waals surface area (Å²) in [6.45, 7) is 11.5. The highest BCUT2D eigenvalue weighted by Gasteiger charge is 2.45. The standard InChI is InChI=1S/C42H50Cl3N5O5/c1-24-18-35(44)38(36(45)19-24)54-30-14-16-48(22-30)37-13-7-27(21-46-37)31-15-17-49(41(53)55-42(3,4)5)23-33(31)40(52)50(29-10-11-29)25(2)32-20-26(6-12-34(32)43)39(51)47-28-8-9-28/h6-7,12-13,18-21,25,28-31,33H,8-11,14-17,22-23H2,1-5H3,(H,47,51)/t25?,30-,31-,33+/m1/s1. The Balaban J connectivity index is 1.11. The van der Waals surface area contributed by atoms with Gasteiger partial charge in [0.25, 0.3) is 5.91 Å². The number of hydrogen-bond acceptors (Lipinski definition) is 7. The first-order valence-corrected chi connectivity index (χ1v) is 20.5. The Labute approximate surface area is 338 Å². The number of hydrogen-bond donors (Lipinski definition) is 1. The summed E-state index contributed by atoms with van der Waals surface area (Å²) in [5.74, 6) is 0.400. The number of piperidine rings is 1. The van der Waals surface area contributed by atoms with E-state index >= 15 is 4.79 Å². The molecule has 2 saturated heterocycles. The Bertz CT molecular complexity index is 1910. The molecule has 10 nitrogen and oxygen atoms in total. The van der Waals surface area contributed by atoms with E-state index in [0.717, 1.165) is 61.2 Å². The monoisotopic (exact) mass is 809 g/mol. The van der Waals surface area contributed by atoms with Gasteiger partial charge in [0.1, 0.15) is 17.5 Å². The van der Waals surface area contributed by atoms with Gasteiger partial charge in [-0.2, -0.15) is 0 Å². The molecule has 3 heterocycles. The van der Waals surface area contributed by atoms with Crippen molar-refractivity contribution in [2.45, 2.75) is 109 Å². The fraction of sp³-hybridized carbons (Fsp3) is 0.524. The van der Waals surface area contributed by atoms with Crippen LogP contribution in [0.2, 0.25) is 15.1 Å². The van der Waals surface area contributed by atoms with E-state index in [1.165, 1.54) is 0 Å². The van der Waals surface area contributed by atoms with Gasteiger partial charge >= 0.3 is 6.09 Å². The summed E-state index contributed by atoms with van der Waals surface area (Å²) >= 11 is 19.7. The molecule has 0 spiro atoms. The van der Waals surface area contributed by atoms with Gasteiger partial charge < -0.3 is 29.5 Å². The van der Waals surface area contributed by atoms with Gasteiger partial charge in [-0.25, -0.2) is 9.78 Å². The van der Waals surface area contributed by atoms with Gasteiger partial charge in [0, 0.05) is 60.8 Å². The average molecular weight is 811 g/mol. The molecule has 2 aliphatic carbocycles. The molecule has 4 aliphatic rings. The number of amides is 3. The topological polar surface area (TPSA) is 104 Å². The zero-order valence-corrected chi connectivity index (χ0v) is 34.4. The molecule has 3 aromatic rings. The maximum absolute atomic E-state index is 15.0. The predicted octanol–water partition coefficient (Wildman–Crippen LogP) is 8.99. The summed E-state index contributed by atoms with van der Waals surface area (Å²) in [4.78, 5) is 52.1. The van der Waals surface area contributed by atoms with Crippen LogP contribution in [0.4, 0.5) is 10.6 Å². The summed E-state index contributed by atoms with van der Waals surface area (Å²) in [6.07, 6.45) is 6.42. The molecular weight excluding hydrogens is 761 g/mol. The quantitative estimate of drug-likeness (QED) is 0.218. The molecule has 2 aliphatic heterocycles. The van der Waals surface area contributed by atoms with Gasteiger partial charge in [-0.05, 0) is 120 Å². The van der Waals surface area contributed by atoms with Crippen LogP contribution in [0.3, 0.4) is 0 Å². The average Bonchev–Trinajstić information content (AvgIpc) is 4.08. The summed E-state index contributed by atoms with van der Waals surface area (Å²) in [5, 5.41) is 4.55. The van der Waals surface area contributed by atoms with Crippen LogP contribution in [-0.2, 0) is 9.53 Å². The first kappa shape index (κ1) is 39.5. The van der Waals surface area contributed by atoms with Crippen molar-refractivity contribution in [3.63, 3.8) is 0 Å². The SMILES string of the molecule is Cc1cc(Cl)c(O[C@@H]2CCN(c3ccc([C@H]4CCN(C(=O)OC(C)(C)C)C[C@@H]4C(=O)N(C4CC4)C(C)c4cc(C(=O)NC5CC5)ccc4Cl)cn3)C2)c(Cl)c1. The van der Waals surface area contributed by atoms with E-state index in [0.29, 0.717) is 45.9 Å². The number of nitrogens with zero attached hydrogens (tertiary/aromatic N) is 4. The second-order valence-electron chi connectivity index (χ2n) is 16.5. The largest absolute Gasteiger partial charge is 0.485 e. The lowest BCUT2D eigenvalue weighted by Crippen LogP contribution is -2.51. The van der Waals surface area contributed by atoms with Crippen molar-refractivity contribution < 1.29 is 23.9 Å². The molecule has 7 rings (SSSR count). The van der Waals surface area contributed by atoms with Crippen molar-refractivity contribution in [1.82, 2.24) is 20.1 Å². The highest BCUT2D eigenvalue weighted by molar-refractivity contribution is 6.37. The lowest BCUT2D eigenvalue weighted by atomic mass is 9.79. The number of pyridine rings is 1. The third-order valence-electron chi connectivity index (χ3n) is 10.9. The summed E-state index contributed by atoms with van der Waals surface area (Å²) in [5.41, 5.74) is 2.49. The minimum Gasteiger partial charge on any atom is -0.485 e. The molecule has 1 N–H and O–H groups in total. The summed E-state index contributed by atoms with van der Waals surface area (Å²) in [6, 6.07) is 12.9. The number of carbonyl (C=O) groups is 3. The van der Waals surface area contributed by atoms with Crippen molar-refractivity contribution >= 4 is 58.5 Å². The number of ether oxygens (including phenoxy) is 2. The lowest BCUT2D eigenvalue weighted by molar-refractivity contribution is -0.141. The molecular formula is C42H50Cl3N5O5. The number of aromatic nitrogens is 1. The molecule has 294 valence electrons. The number of nitrogens with one attached hydrogen (secondary N) is 1. The van der Waals surface area contributed by atoms with E-state index in [2.05, 4.69) is 16.3 Å². The van der Waals surface area contributed by atoms with Crippen LogP contribution in [0.5, 0.6) is 5.75 Å². The number of likely N-dealkylation sites (tertiary alicyclic amines) is 1. The number of halogens is 3. The van der Waals surface area contributed by atoms with Crippen molar-refractivity contribution in [3.05, 3.63) is 86.0 Å². The Morgan fingerprint density at radius 3 is 2.27 bits per heavy atom. The summed E-state index contributed by atoms with van der Waals surface area (Å²) < 4.78 is 12.0. The number of aryl methyl sites for hydroxylation is 1. The van der Waals surface area contributed by atoms with Crippen LogP contribution in [-0.4, -0.2) is 82.7 Å². The third-order valence-corrected chi connectivity index (χ3v) is 11.8. The van der Waals surface area contributed by atoms with Crippen LogP contribution in [0.25, 0.3) is 0 Å². The highest BCUT2D eigenvalue weighted by atomic mass is 35.5. The molecule has 0 bridgehead atoms. The minimum absolute atomic E-state index is 0.0376. The van der Waals surface area contributed by atoms with Crippen LogP contribution in [0.1, 0.15) is 105 Å². The first-order valence-electron chi connectivity index (χ1n) is 19.4. The molecule has 1 aromatic heterocycles. The predicted molar refractivity (Wildman–Crippen MR) is 216 cm³/mol. The van der Waals surface area contributed by atoms with E-state index in [-0.39, 0.29) is 42.5 Å². The third kappa shape index (κ3) is 9.29. The van der Waals surface area contributed by atoms with Gasteiger partial charge in [-0.1, -0.05) is 40.9 Å². The second-order valence-corrected chi connectivity index (χ2v) is 17.8. The zero-order chi connectivity index (χ0) is 39.2. The van der Waals surface area contributed by atoms with Crippen molar-refractivity contribution in [2.75, 3.05) is 31.1 Å². The minimum atomic E-state index is -0.673. The molecule has 1 unspecified atom stereocenters.